The van der Waals surface area contributed by atoms with Gasteiger partial charge in [-0.1, -0.05) is 11.3 Å². The number of carbonyl (C=O) groups excluding carboxylic acids is 1. The number of nitrogens with one attached hydrogen (secondary N) is 1. The van der Waals surface area contributed by atoms with Gasteiger partial charge in [0.05, 0.1) is 17.6 Å². The number of anilines is 1. The van der Waals surface area contributed by atoms with E-state index in [1.54, 1.807) is 17.9 Å². The molecule has 7 nitrogen and oxygen atoms in total. The molecule has 2 aromatic heterocycles. The smallest absolute Gasteiger partial charge is 0.240 e. The van der Waals surface area contributed by atoms with E-state index in [0.717, 1.165) is 4.47 Å². The molecule has 0 aromatic carbocycles. The maximum absolute atomic E-state index is 11.7. The lowest BCUT2D eigenvalue weighted by Crippen LogP contribution is -2.30. The molecule has 1 N–H and O–H groups in total. The second kappa shape index (κ2) is 6.64. The van der Waals surface area contributed by atoms with E-state index in [-0.39, 0.29) is 12.5 Å². The SMILES string of the molecule is CN(CC(=O)Nc1nncs1)Cc1ncc(Br)cn1. The summed E-state index contributed by atoms with van der Waals surface area (Å²) in [5.74, 6) is 0.519. The second-order valence-electron chi connectivity index (χ2n) is 3.78. The standard InChI is InChI=1S/C10H11BrN6OS/c1-17(4-8-12-2-7(11)3-13-8)5-9(18)15-10-16-14-6-19-10/h2-3,6H,4-5H2,1H3,(H,15,16,18). The fourth-order valence-corrected chi connectivity index (χ4v) is 2.02. The molecule has 0 aliphatic rings. The molecule has 0 fully saturated rings. The molecule has 0 saturated carbocycles. The van der Waals surface area contributed by atoms with Crippen molar-refractivity contribution in [3.63, 3.8) is 0 Å². The normalized spacial score (nSPS) is 10.7. The first-order valence-corrected chi connectivity index (χ1v) is 7.02. The fraction of sp³-hybridized carbons (Fsp3) is 0.300. The Kier molecular flexibility index (Phi) is 4.88. The summed E-state index contributed by atoms with van der Waals surface area (Å²) in [5.41, 5.74) is 1.56. The van der Waals surface area contributed by atoms with E-state index in [2.05, 4.69) is 41.4 Å². The summed E-state index contributed by atoms with van der Waals surface area (Å²) in [6.07, 6.45) is 3.36. The van der Waals surface area contributed by atoms with E-state index in [1.165, 1.54) is 11.3 Å². The molecular formula is C10H11BrN6OS. The van der Waals surface area contributed by atoms with Crippen molar-refractivity contribution in [2.24, 2.45) is 0 Å². The molecule has 0 aliphatic carbocycles. The Hall–Kier alpha value is -1.45. The summed E-state index contributed by atoms with van der Waals surface area (Å²) in [6.45, 7) is 0.732. The van der Waals surface area contributed by atoms with Crippen LogP contribution in [0, 0.1) is 0 Å². The van der Waals surface area contributed by atoms with Crippen LogP contribution in [0.5, 0.6) is 0 Å². The monoisotopic (exact) mass is 342 g/mol. The van der Waals surface area contributed by atoms with E-state index < -0.39 is 0 Å². The van der Waals surface area contributed by atoms with Gasteiger partial charge >= 0.3 is 0 Å². The molecule has 2 heterocycles. The molecule has 2 aromatic rings. The Labute approximate surface area is 122 Å². The Balaban J connectivity index is 1.82. The van der Waals surface area contributed by atoms with Crippen LogP contribution in [0.4, 0.5) is 5.13 Å². The first-order valence-electron chi connectivity index (χ1n) is 5.34. The van der Waals surface area contributed by atoms with Gasteiger partial charge in [-0.05, 0) is 23.0 Å². The molecule has 0 bridgehead atoms. The highest BCUT2D eigenvalue weighted by Crippen LogP contribution is 2.08. The van der Waals surface area contributed by atoms with Gasteiger partial charge in [0, 0.05) is 12.4 Å². The minimum absolute atomic E-state index is 0.142. The van der Waals surface area contributed by atoms with Crippen molar-refractivity contribution in [3.8, 4) is 0 Å². The van der Waals surface area contributed by atoms with Gasteiger partial charge in [0.1, 0.15) is 11.3 Å². The van der Waals surface area contributed by atoms with E-state index >= 15 is 0 Å². The van der Waals surface area contributed by atoms with Gasteiger partial charge in [-0.2, -0.15) is 0 Å². The molecule has 0 radical (unpaired) electrons. The van der Waals surface area contributed by atoms with Gasteiger partial charge in [0.15, 0.2) is 0 Å². The third-order valence-corrected chi connectivity index (χ3v) is 3.12. The fourth-order valence-electron chi connectivity index (χ4n) is 1.35. The molecule has 9 heteroatoms. The third-order valence-electron chi connectivity index (χ3n) is 2.11. The van der Waals surface area contributed by atoms with Crippen molar-refractivity contribution in [3.05, 3.63) is 28.2 Å². The Morgan fingerprint density at radius 3 is 2.84 bits per heavy atom. The van der Waals surface area contributed by atoms with Gasteiger partial charge < -0.3 is 0 Å². The summed E-state index contributed by atoms with van der Waals surface area (Å²) >= 11 is 4.55. The minimum atomic E-state index is -0.142. The van der Waals surface area contributed by atoms with Gasteiger partial charge in [0.25, 0.3) is 0 Å². The second-order valence-corrected chi connectivity index (χ2v) is 5.53. The molecule has 100 valence electrons. The quantitative estimate of drug-likeness (QED) is 0.877. The predicted octanol–water partition coefficient (Wildman–Crippen LogP) is 1.16. The van der Waals surface area contributed by atoms with Crippen molar-refractivity contribution in [2.45, 2.75) is 6.54 Å². The lowest BCUT2D eigenvalue weighted by atomic mass is 10.4. The number of rotatable bonds is 5. The van der Waals surface area contributed by atoms with Crippen molar-refractivity contribution >= 4 is 38.3 Å². The molecule has 19 heavy (non-hydrogen) atoms. The molecule has 1 amide bonds. The van der Waals surface area contributed by atoms with Crippen LogP contribution >= 0.6 is 27.3 Å². The van der Waals surface area contributed by atoms with Crippen LogP contribution in [-0.2, 0) is 11.3 Å². The predicted molar refractivity (Wildman–Crippen MR) is 74.6 cm³/mol. The highest BCUT2D eigenvalue weighted by molar-refractivity contribution is 9.10. The average Bonchev–Trinajstić information content (AvgIpc) is 2.84. The Morgan fingerprint density at radius 1 is 1.47 bits per heavy atom. The summed E-state index contributed by atoms with van der Waals surface area (Å²) in [4.78, 5) is 21.8. The van der Waals surface area contributed by atoms with Crippen LogP contribution < -0.4 is 5.32 Å². The molecule has 0 spiro atoms. The number of halogens is 1. The largest absolute Gasteiger partial charge is 0.299 e. The number of amides is 1. The van der Waals surface area contributed by atoms with Gasteiger partial charge in [-0.25, -0.2) is 9.97 Å². The van der Waals surface area contributed by atoms with Gasteiger partial charge in [-0.3, -0.25) is 15.0 Å². The van der Waals surface area contributed by atoms with E-state index in [4.69, 9.17) is 0 Å². The zero-order valence-corrected chi connectivity index (χ0v) is 12.5. The van der Waals surface area contributed by atoms with Crippen molar-refractivity contribution < 1.29 is 4.79 Å². The highest BCUT2D eigenvalue weighted by Gasteiger charge is 2.10. The summed E-state index contributed by atoms with van der Waals surface area (Å²) in [5, 5.41) is 10.6. The van der Waals surface area contributed by atoms with Crippen molar-refractivity contribution in [1.82, 2.24) is 25.1 Å². The van der Waals surface area contributed by atoms with Gasteiger partial charge in [0.2, 0.25) is 11.0 Å². The van der Waals surface area contributed by atoms with Crippen LogP contribution in [0.3, 0.4) is 0 Å². The first kappa shape index (κ1) is 14.0. The maximum atomic E-state index is 11.7. The third kappa shape index (κ3) is 4.62. The molecular weight excluding hydrogens is 332 g/mol. The molecule has 0 saturated heterocycles. The number of carbonyl (C=O) groups is 1. The molecule has 0 aliphatic heterocycles. The van der Waals surface area contributed by atoms with E-state index in [1.807, 2.05) is 11.9 Å². The van der Waals surface area contributed by atoms with E-state index in [0.29, 0.717) is 17.5 Å². The lowest BCUT2D eigenvalue weighted by molar-refractivity contribution is -0.117. The van der Waals surface area contributed by atoms with Crippen LogP contribution in [0.2, 0.25) is 0 Å². The Bertz CT molecular complexity index is 531. The molecule has 0 atom stereocenters. The highest BCUT2D eigenvalue weighted by atomic mass is 79.9. The van der Waals surface area contributed by atoms with E-state index in [9.17, 15) is 4.79 Å². The lowest BCUT2D eigenvalue weighted by Gasteiger charge is -2.14. The number of nitrogens with zero attached hydrogens (tertiary/aromatic N) is 5. The summed E-state index contributed by atoms with van der Waals surface area (Å²) in [6, 6.07) is 0. The van der Waals surface area contributed by atoms with Crippen molar-refractivity contribution in [1.29, 1.82) is 0 Å². The molecule has 2 rings (SSSR count). The van der Waals surface area contributed by atoms with Crippen LogP contribution in [-0.4, -0.2) is 44.6 Å². The zero-order valence-electron chi connectivity index (χ0n) is 10.1. The maximum Gasteiger partial charge on any atom is 0.240 e. The first-order chi connectivity index (χ1) is 9.13. The van der Waals surface area contributed by atoms with Crippen LogP contribution in [0.15, 0.2) is 22.4 Å². The van der Waals surface area contributed by atoms with Gasteiger partial charge in [-0.15, -0.1) is 10.2 Å². The topological polar surface area (TPSA) is 83.9 Å². The number of likely N-dealkylation sites (N-methyl/N-ethyl adjacent to an activating group) is 1. The minimum Gasteiger partial charge on any atom is -0.299 e. The average molecular weight is 343 g/mol. The van der Waals surface area contributed by atoms with Crippen LogP contribution in [0.1, 0.15) is 5.82 Å². The van der Waals surface area contributed by atoms with Crippen molar-refractivity contribution in [2.75, 3.05) is 18.9 Å². The zero-order chi connectivity index (χ0) is 13.7. The summed E-state index contributed by atoms with van der Waals surface area (Å²) in [7, 11) is 1.82. The number of hydrogen-bond donors (Lipinski definition) is 1. The summed E-state index contributed by atoms with van der Waals surface area (Å²) < 4.78 is 0.827. The number of hydrogen-bond acceptors (Lipinski definition) is 7. The molecule has 0 unspecified atom stereocenters. The Morgan fingerprint density at radius 2 is 2.21 bits per heavy atom. The number of aromatic nitrogens is 4. The van der Waals surface area contributed by atoms with Crippen LogP contribution in [0.25, 0.3) is 0 Å².